The number of rotatable bonds is 6. The molecule has 1 fully saturated rings. The molecule has 0 unspecified atom stereocenters. The highest BCUT2D eigenvalue weighted by atomic mass is 79.9. The first-order valence-corrected chi connectivity index (χ1v) is 11.8. The number of halogens is 1. The van der Waals surface area contributed by atoms with E-state index >= 15 is 0 Å². The first-order chi connectivity index (χ1) is 14.5. The number of ether oxygens (including phenoxy) is 1. The van der Waals surface area contributed by atoms with Crippen LogP contribution in [0.15, 0.2) is 68.5 Å². The second-order valence-electron chi connectivity index (χ2n) is 7.04. The Morgan fingerprint density at radius 1 is 1.07 bits per heavy atom. The van der Waals surface area contributed by atoms with E-state index in [2.05, 4.69) is 26.0 Å². The lowest BCUT2D eigenvalue weighted by Gasteiger charge is -2.33. The van der Waals surface area contributed by atoms with Crippen LogP contribution in [0.2, 0.25) is 0 Å². The topological polar surface area (TPSA) is 75.9 Å². The van der Waals surface area contributed by atoms with Crippen LogP contribution < -0.4 is 4.74 Å². The maximum Gasteiger partial charge on any atom is 0.243 e. The minimum atomic E-state index is -3.49. The minimum absolute atomic E-state index is 0.310. The van der Waals surface area contributed by atoms with E-state index in [-0.39, 0.29) is 0 Å². The van der Waals surface area contributed by atoms with E-state index in [9.17, 15) is 8.42 Å². The van der Waals surface area contributed by atoms with Crippen molar-refractivity contribution < 1.29 is 17.7 Å². The van der Waals surface area contributed by atoms with Crippen molar-refractivity contribution in [2.24, 2.45) is 0 Å². The lowest BCUT2D eigenvalue weighted by molar-refractivity contribution is 0.166. The van der Waals surface area contributed by atoms with Gasteiger partial charge in [0.25, 0.3) is 0 Å². The van der Waals surface area contributed by atoms with Crippen molar-refractivity contribution in [3.63, 3.8) is 0 Å². The molecule has 1 aliphatic heterocycles. The Labute approximate surface area is 184 Å². The van der Waals surface area contributed by atoms with Gasteiger partial charge in [0.05, 0.1) is 18.6 Å². The van der Waals surface area contributed by atoms with E-state index in [1.807, 2.05) is 36.4 Å². The summed E-state index contributed by atoms with van der Waals surface area (Å²) >= 11 is 3.34. The maximum absolute atomic E-state index is 12.9. The lowest BCUT2D eigenvalue weighted by atomic mass is 10.1. The van der Waals surface area contributed by atoms with Crippen LogP contribution >= 0.6 is 15.9 Å². The summed E-state index contributed by atoms with van der Waals surface area (Å²) in [4.78, 5) is 2.48. The zero-order valence-electron chi connectivity index (χ0n) is 16.5. The SMILES string of the molecule is COc1ccc(-c2cc(CN3CCN(S(=O)(=O)c4cccc(Br)c4)CC3)on2)cc1. The molecule has 9 heteroatoms. The molecule has 1 saturated heterocycles. The Bertz CT molecular complexity index is 1110. The molecule has 2 heterocycles. The number of methoxy groups -OCH3 is 1. The standard InChI is InChI=1S/C21H22BrN3O4S/c1-28-18-7-5-16(6-8-18)21-14-19(29-23-21)15-24-9-11-25(12-10-24)30(26,27)20-4-2-3-17(22)13-20/h2-8,13-14H,9-12,15H2,1H3. The maximum atomic E-state index is 12.9. The van der Waals surface area contributed by atoms with Crippen LogP contribution in [0.25, 0.3) is 11.3 Å². The van der Waals surface area contributed by atoms with Crippen LogP contribution in [-0.2, 0) is 16.6 Å². The predicted octanol–water partition coefficient (Wildman–Crippen LogP) is 3.62. The first-order valence-electron chi connectivity index (χ1n) is 9.54. The number of aromatic nitrogens is 1. The lowest BCUT2D eigenvalue weighted by Crippen LogP contribution is -2.48. The third-order valence-corrected chi connectivity index (χ3v) is 7.48. The highest BCUT2D eigenvalue weighted by Crippen LogP contribution is 2.24. The number of piperazine rings is 1. The monoisotopic (exact) mass is 491 g/mol. The molecule has 7 nitrogen and oxygen atoms in total. The smallest absolute Gasteiger partial charge is 0.243 e. The molecule has 0 N–H and O–H groups in total. The number of sulfonamides is 1. The third kappa shape index (κ3) is 4.59. The van der Waals surface area contributed by atoms with Crippen LogP contribution in [0.1, 0.15) is 5.76 Å². The highest BCUT2D eigenvalue weighted by Gasteiger charge is 2.29. The quantitative estimate of drug-likeness (QED) is 0.524. The van der Waals surface area contributed by atoms with Gasteiger partial charge in [-0.15, -0.1) is 0 Å². The summed E-state index contributed by atoms with van der Waals surface area (Å²) < 4.78 is 38.7. The molecule has 30 heavy (non-hydrogen) atoms. The van der Waals surface area contributed by atoms with Gasteiger partial charge in [0.1, 0.15) is 11.4 Å². The van der Waals surface area contributed by atoms with Gasteiger partial charge in [-0.3, -0.25) is 4.90 Å². The van der Waals surface area contributed by atoms with Crippen LogP contribution in [0.3, 0.4) is 0 Å². The van der Waals surface area contributed by atoms with Gasteiger partial charge in [0.2, 0.25) is 10.0 Å². The molecule has 1 aliphatic rings. The highest BCUT2D eigenvalue weighted by molar-refractivity contribution is 9.10. The number of hydrogen-bond acceptors (Lipinski definition) is 6. The summed E-state index contributed by atoms with van der Waals surface area (Å²) in [6.07, 6.45) is 0. The van der Waals surface area contributed by atoms with Gasteiger partial charge in [-0.05, 0) is 42.5 Å². The van der Waals surface area contributed by atoms with Gasteiger partial charge in [-0.2, -0.15) is 4.31 Å². The molecule has 0 aliphatic carbocycles. The average molecular weight is 492 g/mol. The summed E-state index contributed by atoms with van der Waals surface area (Å²) in [5.41, 5.74) is 1.72. The van der Waals surface area contributed by atoms with Crippen LogP contribution in [0.5, 0.6) is 5.75 Å². The molecule has 158 valence electrons. The number of benzene rings is 2. The van der Waals surface area contributed by atoms with Crippen molar-refractivity contribution in [2.75, 3.05) is 33.3 Å². The normalized spacial score (nSPS) is 15.9. The Kier molecular flexibility index (Phi) is 6.24. The predicted molar refractivity (Wildman–Crippen MR) is 117 cm³/mol. The number of nitrogens with zero attached hydrogens (tertiary/aromatic N) is 3. The van der Waals surface area contributed by atoms with Gasteiger partial charge < -0.3 is 9.26 Å². The Balaban J connectivity index is 1.36. The van der Waals surface area contributed by atoms with Gasteiger partial charge in [-0.25, -0.2) is 8.42 Å². The van der Waals surface area contributed by atoms with Crippen molar-refractivity contribution in [1.82, 2.24) is 14.4 Å². The number of hydrogen-bond donors (Lipinski definition) is 0. The molecule has 2 aromatic carbocycles. The summed E-state index contributed by atoms with van der Waals surface area (Å²) in [7, 11) is -1.86. The first kappa shape index (κ1) is 21.0. The molecule has 0 bridgehead atoms. The van der Waals surface area contributed by atoms with Crippen molar-refractivity contribution in [3.05, 3.63) is 64.8 Å². The molecule has 0 amide bonds. The Morgan fingerprint density at radius 3 is 2.47 bits per heavy atom. The molecule has 0 saturated carbocycles. The van der Waals surface area contributed by atoms with Gasteiger partial charge in [-0.1, -0.05) is 27.2 Å². The van der Waals surface area contributed by atoms with Gasteiger partial charge >= 0.3 is 0 Å². The van der Waals surface area contributed by atoms with E-state index in [1.54, 1.807) is 25.3 Å². The minimum Gasteiger partial charge on any atom is -0.497 e. The second kappa shape index (κ2) is 8.89. The second-order valence-corrected chi connectivity index (χ2v) is 9.90. The Morgan fingerprint density at radius 2 is 1.80 bits per heavy atom. The van der Waals surface area contributed by atoms with E-state index in [0.29, 0.717) is 37.6 Å². The molecular formula is C21H22BrN3O4S. The van der Waals surface area contributed by atoms with E-state index in [1.165, 1.54) is 4.31 Å². The molecular weight excluding hydrogens is 470 g/mol. The molecule has 0 radical (unpaired) electrons. The summed E-state index contributed by atoms with van der Waals surface area (Å²) in [6, 6.07) is 16.4. The largest absolute Gasteiger partial charge is 0.497 e. The zero-order chi connectivity index (χ0) is 21.1. The molecule has 0 spiro atoms. The fraction of sp³-hybridized carbons (Fsp3) is 0.286. The molecule has 4 rings (SSSR count). The van der Waals surface area contributed by atoms with Gasteiger partial charge in [0.15, 0.2) is 5.76 Å². The third-order valence-electron chi connectivity index (χ3n) is 5.09. The average Bonchev–Trinajstić information content (AvgIpc) is 3.22. The summed E-state index contributed by atoms with van der Waals surface area (Å²) in [6.45, 7) is 2.73. The molecule has 3 aromatic rings. The van der Waals surface area contributed by atoms with Crippen LogP contribution in [0, 0.1) is 0 Å². The van der Waals surface area contributed by atoms with E-state index in [0.717, 1.165) is 27.2 Å². The van der Waals surface area contributed by atoms with Crippen molar-refractivity contribution >= 4 is 26.0 Å². The fourth-order valence-electron chi connectivity index (χ4n) is 3.41. The van der Waals surface area contributed by atoms with Crippen molar-refractivity contribution in [1.29, 1.82) is 0 Å². The van der Waals surface area contributed by atoms with Crippen LogP contribution in [0.4, 0.5) is 0 Å². The van der Waals surface area contributed by atoms with Crippen molar-refractivity contribution in [3.8, 4) is 17.0 Å². The van der Waals surface area contributed by atoms with E-state index < -0.39 is 10.0 Å². The Hall–Kier alpha value is -2.20. The summed E-state index contributed by atoms with van der Waals surface area (Å²) in [5.74, 6) is 1.54. The summed E-state index contributed by atoms with van der Waals surface area (Å²) in [5, 5.41) is 4.16. The van der Waals surface area contributed by atoms with E-state index in [4.69, 9.17) is 9.26 Å². The van der Waals surface area contributed by atoms with Gasteiger partial charge in [0, 0.05) is 42.3 Å². The molecule has 0 atom stereocenters. The molecule has 1 aromatic heterocycles. The van der Waals surface area contributed by atoms with Crippen molar-refractivity contribution in [2.45, 2.75) is 11.4 Å². The zero-order valence-corrected chi connectivity index (χ0v) is 18.9. The van der Waals surface area contributed by atoms with Crippen LogP contribution in [-0.4, -0.2) is 56.1 Å². The fourth-order valence-corrected chi connectivity index (χ4v) is 5.43.